The van der Waals surface area contributed by atoms with Crippen LogP contribution in [-0.4, -0.2) is 44.6 Å². The van der Waals surface area contributed by atoms with Gasteiger partial charge in [0.05, 0.1) is 18.3 Å². The largest absolute Gasteiger partial charge is 0.390 e. The summed E-state index contributed by atoms with van der Waals surface area (Å²) in [4.78, 5) is 2.06. The van der Waals surface area contributed by atoms with Gasteiger partial charge in [0.2, 0.25) is 0 Å². The van der Waals surface area contributed by atoms with Gasteiger partial charge in [0.25, 0.3) is 0 Å². The number of aromatic nitrogens is 3. The maximum Gasteiger partial charge on any atom is 0.138 e. The average Bonchev–Trinajstić information content (AvgIpc) is 2.94. The van der Waals surface area contributed by atoms with Gasteiger partial charge < -0.3 is 9.63 Å². The van der Waals surface area contributed by atoms with Crippen LogP contribution in [0.15, 0.2) is 23.0 Å². The zero-order valence-electron chi connectivity index (χ0n) is 11.6. The summed E-state index contributed by atoms with van der Waals surface area (Å²) < 4.78 is 6.86. The fraction of sp³-hybridized carbons (Fsp3) is 0.538. The molecule has 19 heavy (non-hydrogen) atoms. The Morgan fingerprint density at radius 1 is 1.47 bits per heavy atom. The van der Waals surface area contributed by atoms with E-state index in [0.717, 1.165) is 23.6 Å². The zero-order valence-corrected chi connectivity index (χ0v) is 11.6. The summed E-state index contributed by atoms with van der Waals surface area (Å²) in [5, 5.41) is 18.0. The smallest absolute Gasteiger partial charge is 0.138 e. The normalized spacial score (nSPS) is 13.1. The van der Waals surface area contributed by atoms with Crippen LogP contribution >= 0.6 is 0 Å². The monoisotopic (exact) mass is 264 g/mol. The maximum atomic E-state index is 10.0. The highest BCUT2D eigenvalue weighted by atomic mass is 16.5. The summed E-state index contributed by atoms with van der Waals surface area (Å²) in [6.45, 7) is 5.63. The number of aryl methyl sites for hydroxylation is 2. The van der Waals surface area contributed by atoms with E-state index in [2.05, 4.69) is 15.2 Å². The lowest BCUT2D eigenvalue weighted by molar-refractivity contribution is 0.103. The molecule has 1 atom stereocenters. The topological polar surface area (TPSA) is 67.3 Å². The molecule has 2 aromatic rings. The van der Waals surface area contributed by atoms with Gasteiger partial charge in [-0.2, -0.15) is 5.10 Å². The van der Waals surface area contributed by atoms with Crippen molar-refractivity contribution in [3.05, 3.63) is 35.5 Å². The first kappa shape index (κ1) is 13.8. The third kappa shape index (κ3) is 3.65. The molecule has 6 nitrogen and oxygen atoms in total. The minimum Gasteiger partial charge on any atom is -0.390 e. The number of aliphatic hydroxyl groups excluding tert-OH is 1. The van der Waals surface area contributed by atoms with Crippen molar-refractivity contribution in [3.8, 4) is 0 Å². The highest BCUT2D eigenvalue weighted by Crippen LogP contribution is 2.14. The first-order valence-corrected chi connectivity index (χ1v) is 6.32. The molecule has 0 spiro atoms. The van der Waals surface area contributed by atoms with Crippen molar-refractivity contribution in [1.29, 1.82) is 0 Å². The van der Waals surface area contributed by atoms with Gasteiger partial charge >= 0.3 is 0 Å². The van der Waals surface area contributed by atoms with Crippen molar-refractivity contribution in [1.82, 2.24) is 19.8 Å². The molecule has 104 valence electrons. The van der Waals surface area contributed by atoms with E-state index in [9.17, 15) is 5.11 Å². The number of rotatable bonds is 6. The summed E-state index contributed by atoms with van der Waals surface area (Å²) >= 11 is 0. The number of nitrogens with zero attached hydrogens (tertiary/aromatic N) is 4. The highest BCUT2D eigenvalue weighted by Gasteiger charge is 2.14. The molecule has 0 fully saturated rings. The Balaban J connectivity index is 1.85. The van der Waals surface area contributed by atoms with E-state index in [0.29, 0.717) is 13.1 Å². The fourth-order valence-electron chi connectivity index (χ4n) is 2.10. The molecule has 2 heterocycles. The summed E-state index contributed by atoms with van der Waals surface area (Å²) in [6.07, 6.45) is 3.10. The average molecular weight is 264 g/mol. The predicted octanol–water partition coefficient (Wildman–Crippen LogP) is 0.981. The van der Waals surface area contributed by atoms with Crippen molar-refractivity contribution in [2.75, 3.05) is 13.6 Å². The van der Waals surface area contributed by atoms with Crippen molar-refractivity contribution < 1.29 is 9.63 Å². The Kier molecular flexibility index (Phi) is 4.34. The molecule has 2 rings (SSSR count). The van der Waals surface area contributed by atoms with E-state index >= 15 is 0 Å². The zero-order chi connectivity index (χ0) is 13.8. The summed E-state index contributed by atoms with van der Waals surface area (Å²) in [6, 6.07) is 1.85. The second-order valence-corrected chi connectivity index (χ2v) is 4.88. The van der Waals surface area contributed by atoms with E-state index in [1.54, 1.807) is 10.9 Å². The molecule has 0 bridgehead atoms. The van der Waals surface area contributed by atoms with Crippen LogP contribution < -0.4 is 0 Å². The quantitative estimate of drug-likeness (QED) is 0.842. The lowest BCUT2D eigenvalue weighted by Gasteiger charge is -2.20. The lowest BCUT2D eigenvalue weighted by Crippen LogP contribution is -2.32. The second-order valence-electron chi connectivity index (χ2n) is 4.88. The molecule has 0 aliphatic carbocycles. The molecule has 1 N–H and O–H groups in total. The highest BCUT2D eigenvalue weighted by molar-refractivity contribution is 5.20. The SMILES string of the molecule is Cc1noc(C)c1CN(C)CC(O)Cn1cccn1. The molecule has 2 aromatic heterocycles. The van der Waals surface area contributed by atoms with E-state index in [1.165, 1.54) is 0 Å². The minimum absolute atomic E-state index is 0.453. The molecule has 0 aliphatic heterocycles. The lowest BCUT2D eigenvalue weighted by atomic mass is 10.2. The maximum absolute atomic E-state index is 10.0. The van der Waals surface area contributed by atoms with Crippen LogP contribution in [0.4, 0.5) is 0 Å². The van der Waals surface area contributed by atoms with Crippen LogP contribution in [0.25, 0.3) is 0 Å². The Morgan fingerprint density at radius 3 is 2.84 bits per heavy atom. The van der Waals surface area contributed by atoms with Crippen LogP contribution in [-0.2, 0) is 13.1 Å². The van der Waals surface area contributed by atoms with Crippen molar-refractivity contribution in [2.45, 2.75) is 33.0 Å². The van der Waals surface area contributed by atoms with E-state index in [1.807, 2.05) is 33.2 Å². The molecule has 0 saturated heterocycles. The predicted molar refractivity (Wildman–Crippen MR) is 70.5 cm³/mol. The standard InChI is InChI=1S/C13H20N4O2/c1-10-13(11(2)19-15-10)9-16(3)7-12(18)8-17-6-4-5-14-17/h4-6,12,18H,7-9H2,1-3H3. The number of hydrogen-bond donors (Lipinski definition) is 1. The molecule has 0 aliphatic rings. The summed E-state index contributed by atoms with van der Waals surface area (Å²) in [5.41, 5.74) is 2.00. The minimum atomic E-state index is -0.453. The van der Waals surface area contributed by atoms with Crippen LogP contribution in [0.5, 0.6) is 0 Å². The van der Waals surface area contributed by atoms with Gasteiger partial charge in [-0.1, -0.05) is 5.16 Å². The van der Waals surface area contributed by atoms with Gasteiger partial charge in [0, 0.05) is 31.0 Å². The van der Waals surface area contributed by atoms with Crippen LogP contribution in [0, 0.1) is 13.8 Å². The number of aliphatic hydroxyl groups is 1. The Morgan fingerprint density at radius 2 is 2.26 bits per heavy atom. The van der Waals surface area contributed by atoms with Crippen molar-refractivity contribution >= 4 is 0 Å². The summed E-state index contributed by atoms with van der Waals surface area (Å²) in [5.74, 6) is 0.839. The number of likely N-dealkylation sites (N-methyl/N-ethyl adjacent to an activating group) is 1. The van der Waals surface area contributed by atoms with Gasteiger partial charge in [-0.15, -0.1) is 0 Å². The van der Waals surface area contributed by atoms with E-state index in [4.69, 9.17) is 4.52 Å². The van der Waals surface area contributed by atoms with Gasteiger partial charge in [-0.05, 0) is 27.0 Å². The Bertz CT molecular complexity index is 487. The summed E-state index contributed by atoms with van der Waals surface area (Å²) in [7, 11) is 1.97. The van der Waals surface area contributed by atoms with Crippen LogP contribution in [0.1, 0.15) is 17.0 Å². The molecule has 0 aromatic carbocycles. The van der Waals surface area contributed by atoms with E-state index < -0.39 is 6.10 Å². The third-order valence-electron chi connectivity index (χ3n) is 3.09. The molecule has 1 unspecified atom stereocenters. The molecule has 0 amide bonds. The van der Waals surface area contributed by atoms with Crippen LogP contribution in [0.2, 0.25) is 0 Å². The molecular weight excluding hydrogens is 244 g/mol. The van der Waals surface area contributed by atoms with Crippen molar-refractivity contribution in [2.24, 2.45) is 0 Å². The van der Waals surface area contributed by atoms with Crippen LogP contribution in [0.3, 0.4) is 0 Å². The third-order valence-corrected chi connectivity index (χ3v) is 3.09. The molecule has 0 radical (unpaired) electrons. The Labute approximate surface area is 112 Å². The first-order chi connectivity index (χ1) is 9.06. The molecule has 0 saturated carbocycles. The molecule has 6 heteroatoms. The molecular formula is C13H20N4O2. The fourth-order valence-corrected chi connectivity index (χ4v) is 2.10. The van der Waals surface area contributed by atoms with Gasteiger partial charge in [-0.3, -0.25) is 9.58 Å². The van der Waals surface area contributed by atoms with Gasteiger partial charge in [0.1, 0.15) is 5.76 Å². The van der Waals surface area contributed by atoms with Gasteiger partial charge in [-0.25, -0.2) is 0 Å². The van der Waals surface area contributed by atoms with Crippen molar-refractivity contribution in [3.63, 3.8) is 0 Å². The second kappa shape index (κ2) is 5.99. The van der Waals surface area contributed by atoms with E-state index in [-0.39, 0.29) is 0 Å². The first-order valence-electron chi connectivity index (χ1n) is 6.32. The Hall–Kier alpha value is -1.66. The number of hydrogen-bond acceptors (Lipinski definition) is 5. The van der Waals surface area contributed by atoms with Gasteiger partial charge in [0.15, 0.2) is 0 Å².